The van der Waals surface area contributed by atoms with Gasteiger partial charge in [0.15, 0.2) is 0 Å². The first-order valence-electron chi connectivity index (χ1n) is 11.0. The van der Waals surface area contributed by atoms with E-state index in [2.05, 4.69) is 10.0 Å². The molecule has 4 aromatic carbocycles. The minimum atomic E-state index is -3.74. The first-order valence-corrected chi connectivity index (χ1v) is 12.4. The van der Waals surface area contributed by atoms with Gasteiger partial charge in [0, 0.05) is 5.69 Å². The van der Waals surface area contributed by atoms with Crippen LogP contribution in [0.15, 0.2) is 102 Å². The fourth-order valence-electron chi connectivity index (χ4n) is 3.72. The van der Waals surface area contributed by atoms with Gasteiger partial charge in [-0.3, -0.25) is 9.52 Å². The molecule has 0 fully saturated rings. The first kappa shape index (κ1) is 23.3. The van der Waals surface area contributed by atoms with Gasteiger partial charge in [0.25, 0.3) is 10.0 Å². The summed E-state index contributed by atoms with van der Waals surface area (Å²) in [4.78, 5) is 12.6. The fraction of sp³-hybridized carbons (Fsp3) is 0.107. The number of rotatable bonds is 7. The van der Waals surface area contributed by atoms with Crippen molar-refractivity contribution in [1.82, 2.24) is 0 Å². The molecule has 5 nitrogen and oxygen atoms in total. The van der Waals surface area contributed by atoms with Gasteiger partial charge in [0.1, 0.15) is 0 Å². The number of nitrogens with one attached hydrogen (secondary N) is 2. The molecule has 1 amide bonds. The van der Waals surface area contributed by atoms with Gasteiger partial charge in [0.2, 0.25) is 5.91 Å². The number of amides is 1. The number of sulfonamides is 1. The predicted octanol–water partition coefficient (Wildman–Crippen LogP) is 5.95. The fourth-order valence-corrected chi connectivity index (χ4v) is 4.93. The second kappa shape index (κ2) is 9.93. The number of aryl methyl sites for hydroxylation is 2. The largest absolute Gasteiger partial charge is 0.326 e. The summed E-state index contributed by atoms with van der Waals surface area (Å²) in [7, 11) is -3.74. The molecule has 0 aromatic heterocycles. The van der Waals surface area contributed by atoms with Gasteiger partial charge in [-0.2, -0.15) is 0 Å². The third-order valence-electron chi connectivity index (χ3n) is 5.59. The Morgan fingerprint density at radius 1 is 0.706 bits per heavy atom. The number of carbonyl (C=O) groups is 1. The zero-order valence-corrected chi connectivity index (χ0v) is 19.9. The van der Waals surface area contributed by atoms with Crippen LogP contribution < -0.4 is 10.0 Å². The molecule has 172 valence electrons. The highest BCUT2D eigenvalue weighted by atomic mass is 32.2. The van der Waals surface area contributed by atoms with Crippen LogP contribution in [0.4, 0.5) is 11.4 Å². The predicted molar refractivity (Wildman–Crippen MR) is 137 cm³/mol. The van der Waals surface area contributed by atoms with Crippen LogP contribution in [0.25, 0.3) is 11.1 Å². The van der Waals surface area contributed by atoms with Crippen LogP contribution in [-0.2, 0) is 21.2 Å². The summed E-state index contributed by atoms with van der Waals surface area (Å²) in [5, 5.41) is 2.83. The van der Waals surface area contributed by atoms with Crippen LogP contribution in [0.5, 0.6) is 0 Å². The number of benzene rings is 4. The lowest BCUT2D eigenvalue weighted by atomic mass is 10.0. The number of para-hydroxylation sites is 1. The minimum Gasteiger partial charge on any atom is -0.326 e. The standard InChI is InChI=1S/C28H26N2O3S/c1-20-7-6-8-21(2)28(20)30-34(32,33)26-17-15-25(16-18-26)29-27(31)19-22-11-13-24(14-12-22)23-9-4-3-5-10-23/h3-18,30H,19H2,1-2H3,(H,29,31). The highest BCUT2D eigenvalue weighted by Gasteiger charge is 2.16. The number of anilines is 2. The molecule has 0 atom stereocenters. The summed E-state index contributed by atoms with van der Waals surface area (Å²) in [6.07, 6.45) is 0.225. The van der Waals surface area contributed by atoms with Crippen molar-refractivity contribution in [3.8, 4) is 11.1 Å². The van der Waals surface area contributed by atoms with Gasteiger partial charge >= 0.3 is 0 Å². The Labute approximate surface area is 200 Å². The van der Waals surface area contributed by atoms with Crippen LogP contribution in [0, 0.1) is 13.8 Å². The van der Waals surface area contributed by atoms with Crippen LogP contribution in [0.2, 0.25) is 0 Å². The number of hydrogen-bond acceptors (Lipinski definition) is 3. The summed E-state index contributed by atoms with van der Waals surface area (Å²) >= 11 is 0. The lowest BCUT2D eigenvalue weighted by Gasteiger charge is -2.13. The average molecular weight is 471 g/mol. The quantitative estimate of drug-likeness (QED) is 0.350. The highest BCUT2D eigenvalue weighted by Crippen LogP contribution is 2.24. The van der Waals surface area contributed by atoms with E-state index in [1.54, 1.807) is 12.1 Å². The summed E-state index contributed by atoms with van der Waals surface area (Å²) < 4.78 is 28.3. The highest BCUT2D eigenvalue weighted by molar-refractivity contribution is 7.92. The average Bonchev–Trinajstić information content (AvgIpc) is 2.83. The maximum absolute atomic E-state index is 12.8. The van der Waals surface area contributed by atoms with Gasteiger partial charge < -0.3 is 5.32 Å². The number of carbonyl (C=O) groups excluding carboxylic acids is 1. The van der Waals surface area contributed by atoms with E-state index in [1.165, 1.54) is 12.1 Å². The van der Waals surface area contributed by atoms with Crippen LogP contribution >= 0.6 is 0 Å². The lowest BCUT2D eigenvalue weighted by Crippen LogP contribution is -2.16. The summed E-state index contributed by atoms with van der Waals surface area (Å²) in [6, 6.07) is 29.7. The summed E-state index contributed by atoms with van der Waals surface area (Å²) in [5.74, 6) is -0.170. The van der Waals surface area contributed by atoms with Crippen molar-refractivity contribution in [1.29, 1.82) is 0 Å². The lowest BCUT2D eigenvalue weighted by molar-refractivity contribution is -0.115. The van der Waals surface area contributed by atoms with E-state index in [4.69, 9.17) is 0 Å². The second-order valence-electron chi connectivity index (χ2n) is 8.18. The van der Waals surface area contributed by atoms with Crippen molar-refractivity contribution in [2.75, 3.05) is 10.0 Å². The molecule has 0 heterocycles. The van der Waals surface area contributed by atoms with Crippen molar-refractivity contribution in [3.63, 3.8) is 0 Å². The second-order valence-corrected chi connectivity index (χ2v) is 9.87. The monoisotopic (exact) mass is 470 g/mol. The molecular formula is C28H26N2O3S. The summed E-state index contributed by atoms with van der Waals surface area (Å²) in [6.45, 7) is 3.72. The van der Waals surface area contributed by atoms with Crippen molar-refractivity contribution in [2.24, 2.45) is 0 Å². The molecule has 0 radical (unpaired) electrons. The Morgan fingerprint density at radius 2 is 1.29 bits per heavy atom. The van der Waals surface area contributed by atoms with E-state index in [0.29, 0.717) is 11.4 Å². The Balaban J connectivity index is 1.39. The molecule has 0 aliphatic carbocycles. The van der Waals surface area contributed by atoms with Gasteiger partial charge in [0.05, 0.1) is 17.0 Å². The minimum absolute atomic E-state index is 0.129. The number of hydrogen-bond donors (Lipinski definition) is 2. The SMILES string of the molecule is Cc1cccc(C)c1NS(=O)(=O)c1ccc(NC(=O)Cc2ccc(-c3ccccc3)cc2)cc1. The molecule has 0 aliphatic heterocycles. The topological polar surface area (TPSA) is 75.3 Å². The Hall–Kier alpha value is -3.90. The van der Waals surface area contributed by atoms with Gasteiger partial charge in [-0.05, 0) is 65.9 Å². The maximum Gasteiger partial charge on any atom is 0.261 e. The molecule has 6 heteroatoms. The van der Waals surface area contributed by atoms with E-state index in [1.807, 2.05) is 86.6 Å². The summed E-state index contributed by atoms with van der Waals surface area (Å²) in [5.41, 5.74) is 5.94. The Morgan fingerprint density at radius 3 is 1.91 bits per heavy atom. The van der Waals surface area contributed by atoms with Gasteiger partial charge in [-0.1, -0.05) is 72.8 Å². The zero-order valence-electron chi connectivity index (χ0n) is 19.1. The molecule has 2 N–H and O–H groups in total. The van der Waals surface area contributed by atoms with E-state index in [-0.39, 0.29) is 17.2 Å². The molecule has 4 aromatic rings. The van der Waals surface area contributed by atoms with Crippen molar-refractivity contribution >= 4 is 27.3 Å². The van der Waals surface area contributed by atoms with E-state index >= 15 is 0 Å². The molecule has 4 rings (SSSR count). The first-order chi connectivity index (χ1) is 16.3. The third-order valence-corrected chi connectivity index (χ3v) is 6.96. The normalized spacial score (nSPS) is 11.1. The third kappa shape index (κ3) is 5.53. The van der Waals surface area contributed by atoms with Crippen molar-refractivity contribution < 1.29 is 13.2 Å². The van der Waals surface area contributed by atoms with E-state index in [9.17, 15) is 13.2 Å². The van der Waals surface area contributed by atoms with Gasteiger partial charge in [-0.15, -0.1) is 0 Å². The van der Waals surface area contributed by atoms with Crippen LogP contribution in [-0.4, -0.2) is 14.3 Å². The van der Waals surface area contributed by atoms with E-state index < -0.39 is 10.0 Å². The van der Waals surface area contributed by atoms with Gasteiger partial charge in [-0.25, -0.2) is 8.42 Å². The van der Waals surface area contributed by atoms with Crippen LogP contribution in [0.1, 0.15) is 16.7 Å². The molecule has 0 bridgehead atoms. The van der Waals surface area contributed by atoms with Crippen molar-refractivity contribution in [3.05, 3.63) is 114 Å². The van der Waals surface area contributed by atoms with E-state index in [0.717, 1.165) is 27.8 Å². The molecule has 0 unspecified atom stereocenters. The Kier molecular flexibility index (Phi) is 6.80. The van der Waals surface area contributed by atoms with Crippen molar-refractivity contribution in [2.45, 2.75) is 25.2 Å². The molecule has 0 spiro atoms. The maximum atomic E-state index is 12.8. The zero-order chi connectivity index (χ0) is 24.1. The molecule has 0 saturated heterocycles. The smallest absolute Gasteiger partial charge is 0.261 e. The van der Waals surface area contributed by atoms with Crippen LogP contribution in [0.3, 0.4) is 0 Å². The molecule has 0 saturated carbocycles. The molecule has 0 aliphatic rings. The molecule has 34 heavy (non-hydrogen) atoms. The molecular weight excluding hydrogens is 444 g/mol. The Bertz CT molecular complexity index is 1380.